The molecular formula is C15H23N3O3. The van der Waals surface area contributed by atoms with Gasteiger partial charge in [-0.2, -0.15) is 0 Å². The molecule has 0 aliphatic rings. The molecule has 0 fully saturated rings. The zero-order chi connectivity index (χ0) is 15.7. The van der Waals surface area contributed by atoms with Crippen molar-refractivity contribution < 1.29 is 14.3 Å². The van der Waals surface area contributed by atoms with Crippen molar-refractivity contribution >= 4 is 23.2 Å². The molecule has 1 rings (SSSR count). The van der Waals surface area contributed by atoms with E-state index < -0.39 is 6.04 Å². The highest BCUT2D eigenvalue weighted by atomic mass is 16.5. The predicted octanol–water partition coefficient (Wildman–Crippen LogP) is 1.73. The molecule has 116 valence electrons. The molecule has 2 amide bonds. The minimum atomic E-state index is -0.494. The molecule has 0 unspecified atom stereocenters. The molecule has 0 aliphatic heterocycles. The fraction of sp³-hybridized carbons (Fsp3) is 0.467. The van der Waals surface area contributed by atoms with Gasteiger partial charge in [0.05, 0.1) is 6.04 Å². The molecule has 0 saturated carbocycles. The van der Waals surface area contributed by atoms with Gasteiger partial charge in [0.15, 0.2) is 0 Å². The van der Waals surface area contributed by atoms with Gasteiger partial charge in [-0.3, -0.25) is 9.59 Å². The van der Waals surface area contributed by atoms with Crippen LogP contribution >= 0.6 is 0 Å². The second kappa shape index (κ2) is 9.10. The summed E-state index contributed by atoms with van der Waals surface area (Å²) < 4.78 is 4.73. The Bertz CT molecular complexity index is 460. The van der Waals surface area contributed by atoms with E-state index in [0.717, 1.165) is 12.8 Å². The van der Waals surface area contributed by atoms with E-state index in [2.05, 4.69) is 17.6 Å². The monoisotopic (exact) mass is 293 g/mol. The third-order valence-electron chi connectivity index (χ3n) is 2.92. The van der Waals surface area contributed by atoms with Crippen molar-refractivity contribution in [2.24, 2.45) is 5.73 Å². The van der Waals surface area contributed by atoms with E-state index >= 15 is 0 Å². The molecule has 0 bridgehead atoms. The Morgan fingerprint density at radius 2 is 1.76 bits per heavy atom. The lowest BCUT2D eigenvalue weighted by Gasteiger charge is -2.12. The summed E-state index contributed by atoms with van der Waals surface area (Å²) in [4.78, 5) is 23.2. The van der Waals surface area contributed by atoms with Gasteiger partial charge in [-0.05, 0) is 30.7 Å². The van der Waals surface area contributed by atoms with Gasteiger partial charge in [0, 0.05) is 18.5 Å². The van der Waals surface area contributed by atoms with Gasteiger partial charge in [0.1, 0.15) is 6.61 Å². The first-order valence-electron chi connectivity index (χ1n) is 7.02. The number of hydrogen-bond acceptors (Lipinski definition) is 4. The van der Waals surface area contributed by atoms with Crippen LogP contribution in [0.2, 0.25) is 0 Å². The van der Waals surface area contributed by atoms with Gasteiger partial charge in [-0.15, -0.1) is 0 Å². The first-order chi connectivity index (χ1) is 10.1. The lowest BCUT2D eigenvalue weighted by molar-refractivity contribution is -0.119. The Labute approximate surface area is 125 Å². The average molecular weight is 293 g/mol. The molecule has 1 atom stereocenters. The Morgan fingerprint density at radius 1 is 1.19 bits per heavy atom. The van der Waals surface area contributed by atoms with E-state index in [0.29, 0.717) is 17.8 Å². The maximum absolute atomic E-state index is 11.8. The largest absolute Gasteiger partial charge is 0.375 e. The molecule has 0 saturated heterocycles. The number of ether oxygens (including phenoxy) is 1. The van der Waals surface area contributed by atoms with Gasteiger partial charge >= 0.3 is 0 Å². The van der Waals surface area contributed by atoms with Crippen molar-refractivity contribution in [1.82, 2.24) is 0 Å². The van der Waals surface area contributed by atoms with E-state index in [1.807, 2.05) is 0 Å². The fourth-order valence-electron chi connectivity index (χ4n) is 1.76. The van der Waals surface area contributed by atoms with Crippen LogP contribution in [0.5, 0.6) is 0 Å². The third-order valence-corrected chi connectivity index (χ3v) is 2.92. The SMILES string of the molecule is CCCC[C@H](N)C(=O)Nc1ccc(NC(=O)COC)cc1. The minimum Gasteiger partial charge on any atom is -0.375 e. The van der Waals surface area contributed by atoms with Gasteiger partial charge in [0.2, 0.25) is 11.8 Å². The van der Waals surface area contributed by atoms with Gasteiger partial charge in [0.25, 0.3) is 0 Å². The summed E-state index contributed by atoms with van der Waals surface area (Å²) >= 11 is 0. The molecule has 6 heteroatoms. The number of anilines is 2. The number of benzene rings is 1. The Hall–Kier alpha value is -1.92. The Kier molecular flexibility index (Phi) is 7.42. The van der Waals surface area contributed by atoms with Crippen LogP contribution in [0.15, 0.2) is 24.3 Å². The number of rotatable bonds is 8. The summed E-state index contributed by atoms with van der Waals surface area (Å²) in [5, 5.41) is 5.43. The van der Waals surface area contributed by atoms with Gasteiger partial charge < -0.3 is 21.1 Å². The molecule has 21 heavy (non-hydrogen) atoms. The molecule has 6 nitrogen and oxygen atoms in total. The summed E-state index contributed by atoms with van der Waals surface area (Å²) in [6.45, 7) is 2.06. The van der Waals surface area contributed by atoms with Crippen molar-refractivity contribution in [3.63, 3.8) is 0 Å². The lowest BCUT2D eigenvalue weighted by atomic mass is 10.1. The Balaban J connectivity index is 2.50. The predicted molar refractivity (Wildman–Crippen MR) is 83.1 cm³/mol. The summed E-state index contributed by atoms with van der Waals surface area (Å²) in [5.74, 6) is -0.421. The summed E-state index contributed by atoms with van der Waals surface area (Å²) in [5.41, 5.74) is 7.09. The highest BCUT2D eigenvalue weighted by Gasteiger charge is 2.12. The molecule has 0 aliphatic carbocycles. The number of carbonyl (C=O) groups is 2. The highest BCUT2D eigenvalue weighted by Crippen LogP contribution is 2.14. The molecule has 4 N–H and O–H groups in total. The zero-order valence-corrected chi connectivity index (χ0v) is 12.5. The number of nitrogens with one attached hydrogen (secondary N) is 2. The lowest BCUT2D eigenvalue weighted by Crippen LogP contribution is -2.35. The average Bonchev–Trinajstić information content (AvgIpc) is 2.47. The normalized spacial score (nSPS) is 11.8. The first kappa shape index (κ1) is 17.1. The molecular weight excluding hydrogens is 270 g/mol. The van der Waals surface area contributed by atoms with E-state index in [1.165, 1.54) is 7.11 Å². The molecule has 1 aromatic carbocycles. The van der Waals surface area contributed by atoms with E-state index in [1.54, 1.807) is 24.3 Å². The third kappa shape index (κ3) is 6.37. The second-order valence-electron chi connectivity index (χ2n) is 4.80. The van der Waals surface area contributed by atoms with Crippen molar-refractivity contribution in [3.8, 4) is 0 Å². The number of nitrogens with two attached hydrogens (primary N) is 1. The van der Waals surface area contributed by atoms with Gasteiger partial charge in [-0.1, -0.05) is 19.8 Å². The number of hydrogen-bond donors (Lipinski definition) is 3. The van der Waals surface area contributed by atoms with Crippen molar-refractivity contribution in [2.75, 3.05) is 24.4 Å². The Morgan fingerprint density at radius 3 is 2.29 bits per heavy atom. The molecule has 0 aromatic heterocycles. The summed E-state index contributed by atoms with van der Waals surface area (Å²) in [7, 11) is 1.46. The van der Waals surface area contributed by atoms with Crippen LogP contribution in [0, 0.1) is 0 Å². The maximum atomic E-state index is 11.8. The number of amides is 2. The maximum Gasteiger partial charge on any atom is 0.250 e. The van der Waals surface area contributed by atoms with Crippen LogP contribution in [-0.2, 0) is 14.3 Å². The smallest absolute Gasteiger partial charge is 0.250 e. The zero-order valence-electron chi connectivity index (χ0n) is 12.5. The molecule has 0 heterocycles. The van der Waals surface area contributed by atoms with Crippen LogP contribution < -0.4 is 16.4 Å². The van der Waals surface area contributed by atoms with Crippen LogP contribution in [0.1, 0.15) is 26.2 Å². The highest BCUT2D eigenvalue weighted by molar-refractivity contribution is 5.95. The van der Waals surface area contributed by atoms with Crippen LogP contribution in [-0.4, -0.2) is 31.6 Å². The fourth-order valence-corrected chi connectivity index (χ4v) is 1.76. The van der Waals surface area contributed by atoms with Crippen LogP contribution in [0.4, 0.5) is 11.4 Å². The first-order valence-corrected chi connectivity index (χ1v) is 7.02. The van der Waals surface area contributed by atoms with Gasteiger partial charge in [-0.25, -0.2) is 0 Å². The van der Waals surface area contributed by atoms with Crippen molar-refractivity contribution in [3.05, 3.63) is 24.3 Å². The standard InChI is InChI=1S/C15H23N3O3/c1-3-4-5-13(16)15(20)18-12-8-6-11(7-9-12)17-14(19)10-21-2/h6-9,13H,3-5,10,16H2,1-2H3,(H,17,19)(H,18,20)/t13-/m0/s1. The topological polar surface area (TPSA) is 93.5 Å². The quantitative estimate of drug-likeness (QED) is 0.680. The summed E-state index contributed by atoms with van der Waals surface area (Å²) in [6.07, 6.45) is 2.61. The number of unbranched alkanes of at least 4 members (excludes halogenated alkanes) is 1. The van der Waals surface area contributed by atoms with Crippen molar-refractivity contribution in [2.45, 2.75) is 32.2 Å². The number of carbonyl (C=O) groups excluding carboxylic acids is 2. The molecule has 1 aromatic rings. The van der Waals surface area contributed by atoms with E-state index in [4.69, 9.17) is 10.5 Å². The van der Waals surface area contributed by atoms with Crippen LogP contribution in [0.3, 0.4) is 0 Å². The van der Waals surface area contributed by atoms with Crippen LogP contribution in [0.25, 0.3) is 0 Å². The van der Waals surface area contributed by atoms with E-state index in [9.17, 15) is 9.59 Å². The van der Waals surface area contributed by atoms with E-state index in [-0.39, 0.29) is 18.4 Å². The minimum absolute atomic E-state index is 0.00473. The molecule has 0 spiro atoms. The molecule has 0 radical (unpaired) electrons. The van der Waals surface area contributed by atoms with Crippen molar-refractivity contribution in [1.29, 1.82) is 0 Å². The summed E-state index contributed by atoms with van der Waals surface area (Å²) in [6, 6.07) is 6.35. The second-order valence-corrected chi connectivity index (χ2v) is 4.80. The number of methoxy groups -OCH3 is 1.